The van der Waals surface area contributed by atoms with E-state index in [1.165, 1.54) is 66.1 Å². The molecule has 0 aliphatic heterocycles. The molecular weight excluding hydrogens is 694 g/mol. The number of benzene rings is 6. The molecule has 6 rings (SSSR count). The summed E-state index contributed by atoms with van der Waals surface area (Å²) in [6.45, 7) is 27.3. The summed E-state index contributed by atoms with van der Waals surface area (Å²) < 4.78 is 13.4. The third-order valence-corrected chi connectivity index (χ3v) is 12.2. The molecule has 282 valence electrons. The maximum atomic E-state index is 6.71. The molecule has 2 unspecified atom stereocenters. The number of rotatable bonds is 9. The monoisotopic (exact) mass is 754 g/mol. The van der Waals surface area contributed by atoms with E-state index in [1.54, 1.807) is 0 Å². The van der Waals surface area contributed by atoms with Crippen molar-refractivity contribution in [1.29, 1.82) is 0 Å². The van der Waals surface area contributed by atoms with Crippen molar-refractivity contribution in [1.82, 2.24) is 0 Å². The van der Waals surface area contributed by atoms with Gasteiger partial charge >= 0.3 is 0 Å². The summed E-state index contributed by atoms with van der Waals surface area (Å²) in [6, 6.07) is 40.6. The van der Waals surface area contributed by atoms with Crippen molar-refractivity contribution in [2.45, 2.75) is 117 Å². The molecule has 0 bridgehead atoms. The summed E-state index contributed by atoms with van der Waals surface area (Å²) in [5, 5.41) is 5.00. The smallest absolute Gasteiger partial charge is 0.127 e. The second-order valence-corrected chi connectivity index (χ2v) is 20.7. The molecule has 0 aliphatic rings. The van der Waals surface area contributed by atoms with Gasteiger partial charge in [0, 0.05) is 23.5 Å². The third-order valence-electron chi connectivity index (χ3n) is 10.4. The van der Waals surface area contributed by atoms with Crippen LogP contribution in [-0.4, -0.2) is 0 Å². The van der Waals surface area contributed by atoms with Crippen LogP contribution in [-0.2, 0) is 34.0 Å². The lowest BCUT2D eigenvalue weighted by Gasteiger charge is -2.25. The van der Waals surface area contributed by atoms with E-state index in [1.807, 2.05) is 0 Å². The first kappa shape index (κ1) is 40.0. The summed E-state index contributed by atoms with van der Waals surface area (Å²) in [4.78, 5) is 0. The maximum Gasteiger partial charge on any atom is 0.127 e. The van der Waals surface area contributed by atoms with Gasteiger partial charge in [0.25, 0.3) is 0 Å². The number of fused-ring (bicyclic) bond motifs is 2. The van der Waals surface area contributed by atoms with Crippen molar-refractivity contribution in [3.05, 3.63) is 143 Å². The van der Waals surface area contributed by atoms with Crippen LogP contribution >= 0.6 is 17.6 Å². The van der Waals surface area contributed by atoms with Gasteiger partial charge in [0.2, 0.25) is 0 Å². The Morgan fingerprint density at radius 3 is 1.11 bits per heavy atom. The zero-order valence-electron chi connectivity index (χ0n) is 34.6. The van der Waals surface area contributed by atoms with Gasteiger partial charge in [-0.05, 0) is 101 Å². The Balaban J connectivity index is 1.21. The quantitative estimate of drug-likeness (QED) is 0.137. The summed E-state index contributed by atoms with van der Waals surface area (Å²) in [6.07, 6.45) is 1.69. The van der Waals surface area contributed by atoms with Crippen LogP contribution in [0.4, 0.5) is 0 Å². The second-order valence-electron chi connectivity index (χ2n) is 19.0. The highest BCUT2D eigenvalue weighted by molar-refractivity contribution is 7.32. The Morgan fingerprint density at radius 2 is 0.759 bits per heavy atom. The van der Waals surface area contributed by atoms with E-state index >= 15 is 0 Å². The first-order chi connectivity index (χ1) is 25.3. The standard InChI is InChI=1S/C50H60O2P2/c1-47(2,3)39-23-21-33-29-45(43(49(7,8)9)27-37(33)25-39)51-53-31-35-17-13-15-19-41(35)42-20-16-14-18-36(42)32-54-52-46-30-34-22-24-40(48(4,5)6)26-38(34)28-44(46)50(10,11)12/h13-30,53-54H,31-32H2,1-12H3. The fourth-order valence-corrected chi connectivity index (χ4v) is 8.81. The van der Waals surface area contributed by atoms with Crippen LogP contribution in [0.2, 0.25) is 0 Å². The molecule has 0 saturated carbocycles. The van der Waals surface area contributed by atoms with Gasteiger partial charge in [-0.3, -0.25) is 0 Å². The lowest BCUT2D eigenvalue weighted by Crippen LogP contribution is -2.13. The molecule has 0 N–H and O–H groups in total. The molecule has 2 nitrogen and oxygen atoms in total. The van der Waals surface area contributed by atoms with Crippen LogP contribution in [0.3, 0.4) is 0 Å². The van der Waals surface area contributed by atoms with E-state index in [4.69, 9.17) is 9.05 Å². The molecule has 6 aromatic carbocycles. The number of hydrogen-bond donors (Lipinski definition) is 0. The van der Waals surface area contributed by atoms with Crippen molar-refractivity contribution >= 4 is 39.2 Å². The largest absolute Gasteiger partial charge is 0.477 e. The first-order valence-electron chi connectivity index (χ1n) is 19.4. The Bertz CT molecular complexity index is 2110. The van der Waals surface area contributed by atoms with Gasteiger partial charge in [0.05, 0.1) is 17.6 Å². The molecular formula is C50H60O2P2. The minimum absolute atomic E-state index is 0.0400. The molecule has 0 saturated heterocycles. The fraction of sp³-hybridized carbons (Fsp3) is 0.360. The molecule has 2 atom stereocenters. The molecule has 0 aromatic heterocycles. The van der Waals surface area contributed by atoms with E-state index in [-0.39, 0.29) is 21.7 Å². The van der Waals surface area contributed by atoms with Crippen LogP contribution in [0, 0.1) is 0 Å². The van der Waals surface area contributed by atoms with Gasteiger partial charge in [-0.15, -0.1) is 0 Å². The van der Waals surface area contributed by atoms with Crippen LogP contribution in [0.25, 0.3) is 32.7 Å². The van der Waals surface area contributed by atoms with Gasteiger partial charge in [-0.1, -0.05) is 168 Å². The normalized spacial score (nSPS) is 13.2. The van der Waals surface area contributed by atoms with E-state index < -0.39 is 0 Å². The molecule has 0 aliphatic carbocycles. The van der Waals surface area contributed by atoms with Gasteiger partial charge in [0.1, 0.15) is 11.5 Å². The highest BCUT2D eigenvalue weighted by atomic mass is 31.1. The molecule has 0 radical (unpaired) electrons. The number of hydrogen-bond acceptors (Lipinski definition) is 2. The highest BCUT2D eigenvalue weighted by Gasteiger charge is 2.23. The third kappa shape index (κ3) is 9.21. The van der Waals surface area contributed by atoms with Crippen molar-refractivity contribution in [2.24, 2.45) is 0 Å². The Morgan fingerprint density at radius 1 is 0.389 bits per heavy atom. The molecule has 0 heterocycles. The van der Waals surface area contributed by atoms with Gasteiger partial charge in [-0.2, -0.15) is 0 Å². The average Bonchev–Trinajstić information content (AvgIpc) is 3.09. The zero-order valence-corrected chi connectivity index (χ0v) is 36.6. The van der Waals surface area contributed by atoms with Crippen molar-refractivity contribution in [3.63, 3.8) is 0 Å². The summed E-state index contributed by atoms with van der Waals surface area (Å²) >= 11 is 0. The van der Waals surface area contributed by atoms with Gasteiger partial charge in [-0.25, -0.2) is 0 Å². The van der Waals surface area contributed by atoms with Crippen molar-refractivity contribution in [3.8, 4) is 22.6 Å². The predicted octanol–water partition coefficient (Wildman–Crippen LogP) is 15.2. The molecule has 54 heavy (non-hydrogen) atoms. The van der Waals surface area contributed by atoms with Gasteiger partial charge < -0.3 is 9.05 Å². The Hall–Kier alpha value is -3.70. The first-order valence-corrected chi connectivity index (χ1v) is 21.7. The Kier molecular flexibility index (Phi) is 11.4. The van der Waals surface area contributed by atoms with Crippen LogP contribution < -0.4 is 9.05 Å². The Labute approximate surface area is 329 Å². The molecule has 6 aromatic rings. The second kappa shape index (κ2) is 15.4. The van der Waals surface area contributed by atoms with Crippen molar-refractivity contribution < 1.29 is 9.05 Å². The summed E-state index contributed by atoms with van der Waals surface area (Å²) in [5.74, 6) is 1.98. The van der Waals surface area contributed by atoms with Crippen LogP contribution in [0.5, 0.6) is 11.5 Å². The predicted molar refractivity (Wildman–Crippen MR) is 240 cm³/mol. The van der Waals surface area contributed by atoms with E-state index in [0.29, 0.717) is 17.6 Å². The van der Waals surface area contributed by atoms with Crippen molar-refractivity contribution in [2.75, 3.05) is 0 Å². The van der Waals surface area contributed by atoms with E-state index in [9.17, 15) is 0 Å². The van der Waals surface area contributed by atoms with E-state index in [0.717, 1.165) is 23.8 Å². The van der Waals surface area contributed by atoms with Gasteiger partial charge in [0.15, 0.2) is 0 Å². The summed E-state index contributed by atoms with van der Waals surface area (Å²) in [5.41, 5.74) is 10.5. The average molecular weight is 755 g/mol. The molecule has 0 amide bonds. The van der Waals surface area contributed by atoms with Crippen LogP contribution in [0.1, 0.15) is 116 Å². The lowest BCUT2D eigenvalue weighted by molar-refractivity contribution is 0.542. The van der Waals surface area contributed by atoms with E-state index in [2.05, 4.69) is 192 Å². The zero-order chi connectivity index (χ0) is 39.1. The maximum absolute atomic E-state index is 6.71. The lowest BCUT2D eigenvalue weighted by atomic mass is 9.82. The SMILES string of the molecule is CC(C)(C)c1ccc2cc(OPCc3ccccc3-c3ccccc3CPOc3cc4ccc(C(C)(C)C)cc4cc3C(C)(C)C)c(C(C)(C)C)cc2c1. The fourth-order valence-electron chi connectivity index (χ4n) is 7.09. The summed E-state index contributed by atoms with van der Waals surface area (Å²) in [7, 11) is 0.600. The minimum Gasteiger partial charge on any atom is -0.477 e. The van der Waals surface area contributed by atoms with Crippen LogP contribution in [0.15, 0.2) is 109 Å². The molecule has 4 heteroatoms. The molecule has 0 spiro atoms. The molecule has 0 fully saturated rings. The highest BCUT2D eigenvalue weighted by Crippen LogP contribution is 2.42. The minimum atomic E-state index is -0.0400. The topological polar surface area (TPSA) is 18.5 Å².